The molecule has 0 amide bonds. The Morgan fingerprint density at radius 2 is 0.619 bits per heavy atom. The molecule has 0 aliphatic rings. The third kappa shape index (κ3) is 5.69. The molecule has 0 aromatic rings. The molecule has 0 unspecified atom stereocenters. The number of hydrogen-bond acceptors (Lipinski definition) is 0. The normalized spacial score (nSPS) is 16.0. The molecule has 0 spiro atoms. The molecular weight excluding hydrogens is 391 g/mol. The minimum atomic E-state index is -4.88. The van der Waals surface area contributed by atoms with Gasteiger partial charge in [-0.2, -0.15) is 0 Å². The van der Waals surface area contributed by atoms with E-state index >= 15 is 7.00 Å². The third-order valence-electron chi connectivity index (χ3n) is 4.23. The van der Waals surface area contributed by atoms with E-state index in [-0.39, 0.29) is 7.99 Å². The van der Waals surface area contributed by atoms with Gasteiger partial charge < -0.3 is 0 Å². The van der Waals surface area contributed by atoms with Crippen molar-refractivity contribution in [2.75, 3.05) is 0 Å². The molecule has 0 aromatic heterocycles. The zero-order chi connectivity index (χ0) is 17.7. The molecule has 0 saturated heterocycles. The summed E-state index contributed by atoms with van der Waals surface area (Å²) in [4.78, 5) is 0. The van der Waals surface area contributed by atoms with E-state index in [0.717, 1.165) is 0 Å². The molecule has 0 bridgehead atoms. The Labute approximate surface area is 139 Å². The van der Waals surface area contributed by atoms with Gasteiger partial charge in [-0.25, -0.2) is 0 Å². The van der Waals surface area contributed by atoms with E-state index < -0.39 is 46.5 Å². The first-order valence-corrected chi connectivity index (χ1v) is 26.4. The zero-order valence-electron chi connectivity index (χ0n) is 16.4. The second-order valence-corrected chi connectivity index (χ2v) is 43.5. The van der Waals surface area contributed by atoms with Crippen molar-refractivity contribution in [2.24, 2.45) is 0 Å². The Morgan fingerprint density at radius 1 is 0.476 bits per heavy atom. The average Bonchev–Trinajstić information content (AvgIpc) is 1.84. The summed E-state index contributed by atoms with van der Waals surface area (Å²) in [6, 6.07) is 0. The fourth-order valence-corrected chi connectivity index (χ4v) is 67.2. The predicted molar refractivity (Wildman–Crippen MR) is 109 cm³/mol. The van der Waals surface area contributed by atoms with Gasteiger partial charge in [0.05, 0.1) is 0 Å². The van der Waals surface area contributed by atoms with Gasteiger partial charge in [-0.05, 0) is 0 Å². The van der Waals surface area contributed by atoms with Gasteiger partial charge in [0.15, 0.2) is 0 Å². The SMILES string of the molecule is C[Si](C)(C)[CH]([Si](C)(C)C)[Ge]([F])([F])[CH]([Si](C)(C)C)[Si](C)(C)C. The molecule has 0 rings (SSSR count). The van der Waals surface area contributed by atoms with Crippen molar-refractivity contribution in [1.82, 2.24) is 0 Å². The van der Waals surface area contributed by atoms with Crippen LogP contribution in [-0.2, 0) is 0 Å². The fraction of sp³-hybridized carbons (Fsp3) is 1.00. The van der Waals surface area contributed by atoms with Gasteiger partial charge in [-0.3, -0.25) is 0 Å². The molecule has 0 nitrogen and oxygen atoms in total. The Morgan fingerprint density at radius 3 is 0.714 bits per heavy atom. The van der Waals surface area contributed by atoms with E-state index in [4.69, 9.17) is 0 Å². The standard InChI is InChI=1S/C14H38F2GeSi4/c1-18(2,3)13(19(4,5)6)17(15,16)14(20(7,8)9)21(10,11)12/h13-14H,1-12H3. The van der Waals surface area contributed by atoms with Gasteiger partial charge >= 0.3 is 140 Å². The van der Waals surface area contributed by atoms with E-state index in [9.17, 15) is 0 Å². The minimum absolute atomic E-state index is 0.145. The molecule has 0 radical (unpaired) electrons. The molecule has 0 aromatic carbocycles. The van der Waals surface area contributed by atoms with Gasteiger partial charge in [0.1, 0.15) is 0 Å². The topological polar surface area (TPSA) is 0 Å². The van der Waals surface area contributed by atoms with Crippen LogP contribution in [0, 0.1) is 0 Å². The molecule has 0 saturated carbocycles. The van der Waals surface area contributed by atoms with Crippen LogP contribution in [0.15, 0.2) is 0 Å². The summed E-state index contributed by atoms with van der Waals surface area (Å²) in [5.74, 6) is 0. The van der Waals surface area contributed by atoms with Gasteiger partial charge in [0, 0.05) is 0 Å². The quantitative estimate of drug-likeness (QED) is 0.417. The van der Waals surface area contributed by atoms with Crippen LogP contribution >= 0.6 is 0 Å². The third-order valence-corrected chi connectivity index (χ3v) is 54.6. The molecule has 7 heteroatoms. The van der Waals surface area contributed by atoms with E-state index in [1.54, 1.807) is 0 Å². The van der Waals surface area contributed by atoms with Gasteiger partial charge in [-0.15, -0.1) is 0 Å². The van der Waals surface area contributed by atoms with Crippen molar-refractivity contribution in [3.63, 3.8) is 0 Å². The molecule has 0 aliphatic heterocycles. The number of hydrogen-bond donors (Lipinski definition) is 0. The summed E-state index contributed by atoms with van der Waals surface area (Å²) in [6.07, 6.45) is 0. The van der Waals surface area contributed by atoms with Gasteiger partial charge in [0.2, 0.25) is 0 Å². The molecule has 0 N–H and O–H groups in total. The van der Waals surface area contributed by atoms with Crippen molar-refractivity contribution < 1.29 is 7.00 Å². The maximum absolute atomic E-state index is 16.1. The van der Waals surface area contributed by atoms with Crippen LogP contribution in [0.3, 0.4) is 0 Å². The predicted octanol–water partition coefficient (Wildman–Crippen LogP) is 6.62. The molecule has 21 heavy (non-hydrogen) atoms. The second kappa shape index (κ2) is 6.29. The van der Waals surface area contributed by atoms with Crippen molar-refractivity contribution in [3.8, 4) is 0 Å². The van der Waals surface area contributed by atoms with Gasteiger partial charge in [0.25, 0.3) is 0 Å². The van der Waals surface area contributed by atoms with Crippen molar-refractivity contribution in [3.05, 3.63) is 0 Å². The Kier molecular flexibility index (Phi) is 6.67. The van der Waals surface area contributed by atoms with Crippen molar-refractivity contribution in [1.29, 1.82) is 0 Å². The van der Waals surface area contributed by atoms with E-state index in [2.05, 4.69) is 78.6 Å². The van der Waals surface area contributed by atoms with Crippen LogP contribution in [0.4, 0.5) is 7.00 Å². The Balaban J connectivity index is 6.21. The summed E-state index contributed by atoms with van der Waals surface area (Å²) in [5, 5.41) is 0. The van der Waals surface area contributed by atoms with Crippen LogP contribution in [0.2, 0.25) is 86.6 Å². The van der Waals surface area contributed by atoms with Crippen LogP contribution in [0.1, 0.15) is 0 Å². The molecule has 0 fully saturated rings. The molecule has 0 aliphatic carbocycles. The van der Waals surface area contributed by atoms with E-state index in [1.807, 2.05) is 0 Å². The number of halogens is 2. The first kappa shape index (κ1) is 22.3. The van der Waals surface area contributed by atoms with Crippen molar-refractivity contribution >= 4 is 46.5 Å². The van der Waals surface area contributed by atoms with Crippen LogP contribution < -0.4 is 0 Å². The summed E-state index contributed by atoms with van der Waals surface area (Å²) < 4.78 is 31.8. The molecular formula is C14H38F2GeSi4. The van der Waals surface area contributed by atoms with Crippen LogP contribution in [0.25, 0.3) is 0 Å². The summed E-state index contributed by atoms with van der Waals surface area (Å²) in [6.45, 7) is 26.3. The first-order chi connectivity index (χ1) is 8.73. The average molecular weight is 429 g/mol. The fourth-order valence-electron chi connectivity index (χ4n) is 5.07. The summed E-state index contributed by atoms with van der Waals surface area (Å²) in [7, 11) is -7.35. The number of rotatable bonds is 6. The van der Waals surface area contributed by atoms with Crippen molar-refractivity contribution in [2.45, 2.75) is 86.6 Å². The Bertz CT molecular complexity index is 297. The molecule has 0 atom stereocenters. The zero-order valence-corrected chi connectivity index (χ0v) is 22.5. The van der Waals surface area contributed by atoms with E-state index in [1.165, 1.54) is 0 Å². The van der Waals surface area contributed by atoms with E-state index in [0.29, 0.717) is 0 Å². The molecule has 128 valence electrons. The van der Waals surface area contributed by atoms with Crippen LogP contribution in [-0.4, -0.2) is 46.5 Å². The maximum atomic E-state index is 16.1. The monoisotopic (exact) mass is 430 g/mol. The first-order valence-electron chi connectivity index (χ1n) is 8.11. The molecule has 0 heterocycles. The summed E-state index contributed by atoms with van der Waals surface area (Å²) >= 11 is -4.88. The summed E-state index contributed by atoms with van der Waals surface area (Å²) in [5.41, 5.74) is 0. The van der Waals surface area contributed by atoms with Gasteiger partial charge in [-0.1, -0.05) is 0 Å². The van der Waals surface area contributed by atoms with Crippen LogP contribution in [0.5, 0.6) is 0 Å². The second-order valence-electron chi connectivity index (χ2n) is 11.0. The Hall–Kier alpha value is 1.27.